The molecule has 1 amide bonds. The van der Waals surface area contributed by atoms with Crippen LogP contribution < -0.4 is 5.32 Å². The summed E-state index contributed by atoms with van der Waals surface area (Å²) in [5.41, 5.74) is -1.10. The fourth-order valence-corrected chi connectivity index (χ4v) is 2.70. The standard InChI is InChI=1S/C18H13Cl3F3NO3/c1-9(28-16(26)7-10-2-4-13(20)14(21)6-10)17(27)25-15-5-3-11(19)8-12(15)18(22,23)24/h2-6,8-9H,7H2,1H3,(H,25,27). The largest absolute Gasteiger partial charge is 0.452 e. The van der Waals surface area contributed by atoms with Gasteiger partial charge in [-0.25, -0.2) is 0 Å². The summed E-state index contributed by atoms with van der Waals surface area (Å²) in [5.74, 6) is -1.68. The van der Waals surface area contributed by atoms with Crippen molar-refractivity contribution in [1.82, 2.24) is 0 Å². The monoisotopic (exact) mass is 453 g/mol. The molecule has 0 saturated heterocycles. The second-order valence-electron chi connectivity index (χ2n) is 5.73. The lowest BCUT2D eigenvalue weighted by Crippen LogP contribution is -2.31. The highest BCUT2D eigenvalue weighted by Gasteiger charge is 2.34. The van der Waals surface area contributed by atoms with Crippen LogP contribution in [-0.2, 0) is 26.9 Å². The highest BCUT2D eigenvalue weighted by molar-refractivity contribution is 6.42. The van der Waals surface area contributed by atoms with E-state index in [4.69, 9.17) is 39.5 Å². The first kappa shape index (κ1) is 22.3. The molecule has 0 aliphatic heterocycles. The van der Waals surface area contributed by atoms with Crippen molar-refractivity contribution in [2.45, 2.75) is 25.6 Å². The number of anilines is 1. The summed E-state index contributed by atoms with van der Waals surface area (Å²) < 4.78 is 44.2. The number of carbonyl (C=O) groups excluding carboxylic acids is 2. The molecule has 150 valence electrons. The molecule has 1 N–H and O–H groups in total. The Labute approximate surface area is 173 Å². The van der Waals surface area contributed by atoms with E-state index in [2.05, 4.69) is 5.32 Å². The zero-order valence-corrected chi connectivity index (χ0v) is 16.5. The molecular weight excluding hydrogens is 442 g/mol. The number of rotatable bonds is 5. The van der Waals surface area contributed by atoms with Gasteiger partial charge in [-0.05, 0) is 42.8 Å². The fourth-order valence-electron chi connectivity index (χ4n) is 2.20. The van der Waals surface area contributed by atoms with Crippen molar-refractivity contribution in [3.63, 3.8) is 0 Å². The zero-order valence-electron chi connectivity index (χ0n) is 14.2. The number of benzene rings is 2. The molecule has 0 aromatic heterocycles. The number of hydrogen-bond acceptors (Lipinski definition) is 3. The number of carbonyl (C=O) groups is 2. The van der Waals surface area contributed by atoms with Crippen LogP contribution in [0.2, 0.25) is 15.1 Å². The summed E-state index contributed by atoms with van der Waals surface area (Å²) in [5, 5.41) is 2.53. The van der Waals surface area contributed by atoms with Gasteiger partial charge in [0.1, 0.15) is 0 Å². The summed E-state index contributed by atoms with van der Waals surface area (Å²) in [6.07, 6.45) is -6.24. The first-order chi connectivity index (χ1) is 13.0. The molecule has 28 heavy (non-hydrogen) atoms. The lowest BCUT2D eigenvalue weighted by molar-refractivity contribution is -0.152. The van der Waals surface area contributed by atoms with Crippen LogP contribution >= 0.6 is 34.8 Å². The Kier molecular flexibility index (Phi) is 7.20. The molecule has 0 heterocycles. The van der Waals surface area contributed by atoms with Gasteiger partial charge in [-0.3, -0.25) is 9.59 Å². The minimum atomic E-state index is -4.72. The molecule has 4 nitrogen and oxygen atoms in total. The second kappa shape index (κ2) is 9.03. The average molecular weight is 455 g/mol. The first-order valence-electron chi connectivity index (χ1n) is 7.78. The number of esters is 1. The summed E-state index contributed by atoms with van der Waals surface area (Å²) in [7, 11) is 0. The smallest absolute Gasteiger partial charge is 0.418 e. The van der Waals surface area contributed by atoms with Gasteiger partial charge in [-0.2, -0.15) is 13.2 Å². The normalized spacial score (nSPS) is 12.4. The van der Waals surface area contributed by atoms with Crippen LogP contribution in [0.15, 0.2) is 36.4 Å². The molecule has 1 unspecified atom stereocenters. The number of alkyl halides is 3. The zero-order chi connectivity index (χ0) is 21.1. The summed E-state index contributed by atoms with van der Waals surface area (Å²) >= 11 is 17.2. The quantitative estimate of drug-likeness (QED) is 0.583. The van der Waals surface area contributed by atoms with Gasteiger partial charge < -0.3 is 10.1 Å². The number of amides is 1. The molecule has 0 radical (unpaired) electrons. The van der Waals surface area contributed by atoms with Crippen molar-refractivity contribution >= 4 is 52.4 Å². The van der Waals surface area contributed by atoms with Gasteiger partial charge in [0.25, 0.3) is 5.91 Å². The highest BCUT2D eigenvalue weighted by Crippen LogP contribution is 2.36. The Bertz CT molecular complexity index is 903. The van der Waals surface area contributed by atoms with Crippen LogP contribution in [0, 0.1) is 0 Å². The minimum Gasteiger partial charge on any atom is -0.452 e. The number of nitrogens with one attached hydrogen (secondary N) is 1. The minimum absolute atomic E-state index is 0.133. The predicted molar refractivity (Wildman–Crippen MR) is 101 cm³/mol. The van der Waals surface area contributed by atoms with E-state index in [1.54, 1.807) is 6.07 Å². The van der Waals surface area contributed by atoms with Gasteiger partial charge in [0, 0.05) is 5.02 Å². The van der Waals surface area contributed by atoms with Gasteiger partial charge >= 0.3 is 12.1 Å². The van der Waals surface area contributed by atoms with E-state index in [0.29, 0.717) is 16.7 Å². The summed E-state index contributed by atoms with van der Waals surface area (Å²) in [6.45, 7) is 1.24. The Hall–Kier alpha value is -1.96. The molecule has 2 rings (SSSR count). The Morgan fingerprint density at radius 3 is 2.36 bits per heavy atom. The van der Waals surface area contributed by atoms with Gasteiger partial charge in [-0.1, -0.05) is 40.9 Å². The Morgan fingerprint density at radius 2 is 1.75 bits per heavy atom. The average Bonchev–Trinajstić information content (AvgIpc) is 2.58. The van der Waals surface area contributed by atoms with E-state index >= 15 is 0 Å². The van der Waals surface area contributed by atoms with Crippen molar-refractivity contribution in [3.05, 3.63) is 62.6 Å². The third-order valence-electron chi connectivity index (χ3n) is 3.55. The molecule has 2 aromatic carbocycles. The molecule has 0 bridgehead atoms. The number of halogens is 6. The maximum Gasteiger partial charge on any atom is 0.418 e. The SMILES string of the molecule is CC(OC(=O)Cc1ccc(Cl)c(Cl)c1)C(=O)Nc1ccc(Cl)cc1C(F)(F)F. The molecule has 0 spiro atoms. The van der Waals surface area contributed by atoms with Gasteiger partial charge in [0.05, 0.1) is 27.7 Å². The van der Waals surface area contributed by atoms with Crippen LogP contribution in [0.5, 0.6) is 0 Å². The molecule has 0 fully saturated rings. The number of ether oxygens (including phenoxy) is 1. The molecule has 0 aliphatic carbocycles. The second-order valence-corrected chi connectivity index (χ2v) is 6.99. The van der Waals surface area contributed by atoms with Gasteiger partial charge in [0.15, 0.2) is 6.10 Å². The van der Waals surface area contributed by atoms with Gasteiger partial charge in [0.2, 0.25) is 0 Å². The van der Waals surface area contributed by atoms with E-state index in [0.717, 1.165) is 6.07 Å². The van der Waals surface area contributed by atoms with Crippen molar-refractivity contribution in [2.75, 3.05) is 5.32 Å². The first-order valence-corrected chi connectivity index (χ1v) is 8.92. The van der Waals surface area contributed by atoms with Crippen LogP contribution in [0.4, 0.5) is 18.9 Å². The predicted octanol–water partition coefficient (Wildman–Crippen LogP) is 5.78. The number of hydrogen-bond donors (Lipinski definition) is 1. The van der Waals surface area contributed by atoms with Gasteiger partial charge in [-0.15, -0.1) is 0 Å². The topological polar surface area (TPSA) is 55.4 Å². The van der Waals surface area contributed by atoms with Crippen LogP contribution in [0.3, 0.4) is 0 Å². The molecule has 0 aliphatic rings. The van der Waals surface area contributed by atoms with Crippen molar-refractivity contribution in [2.24, 2.45) is 0 Å². The lowest BCUT2D eigenvalue weighted by Gasteiger charge is -2.17. The Morgan fingerprint density at radius 1 is 1.07 bits per heavy atom. The Balaban J connectivity index is 2.03. The van der Waals surface area contributed by atoms with E-state index in [9.17, 15) is 22.8 Å². The van der Waals surface area contributed by atoms with Crippen molar-refractivity contribution in [3.8, 4) is 0 Å². The van der Waals surface area contributed by atoms with E-state index in [1.165, 1.54) is 25.1 Å². The van der Waals surface area contributed by atoms with Crippen LogP contribution in [-0.4, -0.2) is 18.0 Å². The third kappa shape index (κ3) is 6.02. The van der Waals surface area contributed by atoms with E-state index < -0.39 is 35.4 Å². The molecule has 0 saturated carbocycles. The summed E-state index contributed by atoms with van der Waals surface area (Å²) in [4.78, 5) is 24.1. The molecular formula is C18H13Cl3F3NO3. The molecule has 1 atom stereocenters. The van der Waals surface area contributed by atoms with Crippen LogP contribution in [0.1, 0.15) is 18.1 Å². The van der Waals surface area contributed by atoms with E-state index in [1.807, 2.05) is 0 Å². The van der Waals surface area contributed by atoms with E-state index in [-0.39, 0.29) is 16.5 Å². The highest BCUT2D eigenvalue weighted by atomic mass is 35.5. The maximum atomic E-state index is 13.1. The maximum absolute atomic E-state index is 13.1. The molecule has 2 aromatic rings. The lowest BCUT2D eigenvalue weighted by atomic mass is 10.1. The molecule has 10 heteroatoms. The van der Waals surface area contributed by atoms with Crippen molar-refractivity contribution < 1.29 is 27.5 Å². The van der Waals surface area contributed by atoms with Crippen molar-refractivity contribution in [1.29, 1.82) is 0 Å². The fraction of sp³-hybridized carbons (Fsp3) is 0.222. The third-order valence-corrected chi connectivity index (χ3v) is 4.53. The summed E-state index contributed by atoms with van der Waals surface area (Å²) in [6, 6.07) is 7.45. The van der Waals surface area contributed by atoms with Crippen LogP contribution in [0.25, 0.3) is 0 Å².